The van der Waals surface area contributed by atoms with Gasteiger partial charge < -0.3 is 9.72 Å². The van der Waals surface area contributed by atoms with E-state index in [1.807, 2.05) is 4.90 Å². The number of carbonyl (C=O) groups is 1. The Kier molecular flexibility index (Phi) is 4.27. The molecule has 0 saturated carbocycles. The summed E-state index contributed by atoms with van der Waals surface area (Å²) in [6.07, 6.45) is -1.53. The second-order valence-corrected chi connectivity index (χ2v) is 5.49. The number of H-pyrrole nitrogens is 1. The molecule has 1 aliphatic rings. The number of hydrogen-bond donors (Lipinski definition) is 1. The number of aromatic amines is 1. The third-order valence-corrected chi connectivity index (χ3v) is 3.91. The second kappa shape index (κ2) is 6.23. The monoisotopic (exact) mass is 340 g/mol. The van der Waals surface area contributed by atoms with Crippen LogP contribution in [0.5, 0.6) is 0 Å². The van der Waals surface area contributed by atoms with Crippen molar-refractivity contribution in [1.29, 1.82) is 0 Å². The van der Waals surface area contributed by atoms with E-state index in [1.165, 1.54) is 13.3 Å². The number of imidazole rings is 1. The van der Waals surface area contributed by atoms with Gasteiger partial charge in [0.15, 0.2) is 5.69 Å². The number of alkyl halides is 3. The number of aromatic nitrogens is 3. The zero-order valence-electron chi connectivity index (χ0n) is 12.9. The van der Waals surface area contributed by atoms with Crippen LogP contribution in [0, 0.1) is 0 Å². The average Bonchev–Trinajstić information content (AvgIpc) is 3.02. The van der Waals surface area contributed by atoms with E-state index in [2.05, 4.69) is 15.0 Å². The lowest BCUT2D eigenvalue weighted by Gasteiger charge is -2.28. The molecule has 2 aromatic heterocycles. The van der Waals surface area contributed by atoms with E-state index >= 15 is 0 Å². The Bertz CT molecular complexity index is 757. The molecule has 0 amide bonds. The van der Waals surface area contributed by atoms with Crippen LogP contribution in [0.2, 0.25) is 0 Å². The predicted molar refractivity (Wildman–Crippen MR) is 77.0 cm³/mol. The summed E-state index contributed by atoms with van der Waals surface area (Å²) >= 11 is 0. The number of nitrogens with one attached hydrogen (secondary N) is 1. The fraction of sp³-hybridized carbons (Fsp3) is 0.400. The van der Waals surface area contributed by atoms with Crippen molar-refractivity contribution in [2.24, 2.45) is 0 Å². The molecule has 3 heterocycles. The smallest absolute Gasteiger partial charge is 0.432 e. The summed E-state index contributed by atoms with van der Waals surface area (Å²) < 4.78 is 42.5. The molecule has 0 fully saturated rings. The van der Waals surface area contributed by atoms with E-state index in [-0.39, 0.29) is 12.4 Å². The van der Waals surface area contributed by atoms with E-state index in [0.717, 1.165) is 17.3 Å². The lowest BCUT2D eigenvalue weighted by molar-refractivity contribution is -0.141. The molecule has 0 aliphatic carbocycles. The maximum Gasteiger partial charge on any atom is 0.432 e. The van der Waals surface area contributed by atoms with Gasteiger partial charge in [0.05, 0.1) is 19.9 Å². The Morgan fingerprint density at radius 2 is 2.21 bits per heavy atom. The van der Waals surface area contributed by atoms with Gasteiger partial charge in [-0.15, -0.1) is 0 Å². The van der Waals surface area contributed by atoms with Gasteiger partial charge in [0.25, 0.3) is 0 Å². The van der Waals surface area contributed by atoms with Crippen LogP contribution in [-0.2, 0) is 30.4 Å². The van der Waals surface area contributed by atoms with Crippen molar-refractivity contribution in [3.05, 3.63) is 46.8 Å². The van der Waals surface area contributed by atoms with Crippen molar-refractivity contribution >= 4 is 5.97 Å². The van der Waals surface area contributed by atoms with Gasteiger partial charge in [0, 0.05) is 19.3 Å². The third-order valence-electron chi connectivity index (χ3n) is 3.91. The molecule has 2 aromatic rings. The number of nitrogens with zero attached hydrogens (tertiary/aromatic N) is 3. The number of esters is 1. The van der Waals surface area contributed by atoms with Gasteiger partial charge in [-0.05, 0) is 23.6 Å². The molecule has 0 unspecified atom stereocenters. The number of hydrogen-bond acceptors (Lipinski definition) is 5. The van der Waals surface area contributed by atoms with Gasteiger partial charge in [-0.25, -0.2) is 14.8 Å². The van der Waals surface area contributed by atoms with Crippen LogP contribution < -0.4 is 0 Å². The zero-order valence-corrected chi connectivity index (χ0v) is 12.9. The highest BCUT2D eigenvalue weighted by atomic mass is 19.4. The lowest BCUT2D eigenvalue weighted by atomic mass is 9.98. The minimum atomic E-state index is -4.43. The molecule has 0 spiro atoms. The van der Waals surface area contributed by atoms with Crippen molar-refractivity contribution in [3.63, 3.8) is 0 Å². The van der Waals surface area contributed by atoms with Crippen molar-refractivity contribution < 1.29 is 22.7 Å². The highest BCUT2D eigenvalue weighted by Gasteiger charge is 2.33. The SMILES string of the molecule is COC(=O)c1nccc2c1CCN(Cc1ncc(C(F)(F)F)[nH]1)C2. The van der Waals surface area contributed by atoms with Crippen molar-refractivity contribution in [2.75, 3.05) is 13.7 Å². The summed E-state index contributed by atoms with van der Waals surface area (Å²) in [5.41, 5.74) is 1.19. The molecular weight excluding hydrogens is 325 g/mol. The molecule has 0 aromatic carbocycles. The maximum atomic E-state index is 12.6. The minimum absolute atomic E-state index is 0.257. The van der Waals surface area contributed by atoms with E-state index in [1.54, 1.807) is 6.07 Å². The van der Waals surface area contributed by atoms with Gasteiger partial charge in [-0.1, -0.05) is 0 Å². The van der Waals surface area contributed by atoms with Crippen LogP contribution in [-0.4, -0.2) is 39.5 Å². The number of fused-ring (bicyclic) bond motifs is 1. The zero-order chi connectivity index (χ0) is 17.3. The van der Waals surface area contributed by atoms with Crippen LogP contribution in [0.25, 0.3) is 0 Å². The Hall–Kier alpha value is -2.42. The predicted octanol–water partition coefficient (Wildman–Crippen LogP) is 2.17. The molecule has 3 rings (SSSR count). The van der Waals surface area contributed by atoms with Crippen LogP contribution >= 0.6 is 0 Å². The lowest BCUT2D eigenvalue weighted by Crippen LogP contribution is -2.32. The van der Waals surface area contributed by atoms with Gasteiger partial charge in [0.1, 0.15) is 11.5 Å². The number of ether oxygens (including phenoxy) is 1. The molecule has 6 nitrogen and oxygen atoms in total. The van der Waals surface area contributed by atoms with Crippen molar-refractivity contribution in [1.82, 2.24) is 19.9 Å². The third kappa shape index (κ3) is 3.25. The summed E-state index contributed by atoms with van der Waals surface area (Å²) in [7, 11) is 1.30. The molecule has 24 heavy (non-hydrogen) atoms. The molecule has 128 valence electrons. The number of carbonyl (C=O) groups excluding carboxylic acids is 1. The van der Waals surface area contributed by atoms with Crippen LogP contribution in [0.15, 0.2) is 18.5 Å². The quantitative estimate of drug-likeness (QED) is 0.867. The molecule has 1 aliphatic heterocycles. The van der Waals surface area contributed by atoms with Crippen molar-refractivity contribution in [3.8, 4) is 0 Å². The van der Waals surface area contributed by atoms with E-state index < -0.39 is 17.8 Å². The van der Waals surface area contributed by atoms with E-state index in [4.69, 9.17) is 4.74 Å². The number of pyridine rings is 1. The standard InChI is InChI=1S/C15H15F3N4O2/c1-24-14(23)13-10-3-5-22(7-9(10)2-4-19-13)8-12-20-6-11(21-12)15(16,17)18/h2,4,6H,3,5,7-8H2,1H3,(H,20,21). The Morgan fingerprint density at radius 3 is 2.88 bits per heavy atom. The Labute approximate surface area is 135 Å². The fourth-order valence-electron chi connectivity index (χ4n) is 2.76. The highest BCUT2D eigenvalue weighted by Crippen LogP contribution is 2.28. The normalized spacial score (nSPS) is 15.2. The first kappa shape index (κ1) is 16.4. The highest BCUT2D eigenvalue weighted by molar-refractivity contribution is 5.89. The minimum Gasteiger partial charge on any atom is -0.464 e. The van der Waals surface area contributed by atoms with Gasteiger partial charge >= 0.3 is 12.1 Å². The summed E-state index contributed by atoms with van der Waals surface area (Å²) in [6, 6.07) is 1.80. The first-order chi connectivity index (χ1) is 11.4. The largest absolute Gasteiger partial charge is 0.464 e. The molecular formula is C15H15F3N4O2. The van der Waals surface area contributed by atoms with Crippen LogP contribution in [0.3, 0.4) is 0 Å². The first-order valence-electron chi connectivity index (χ1n) is 7.27. The number of rotatable bonds is 3. The van der Waals surface area contributed by atoms with Gasteiger partial charge in [-0.2, -0.15) is 13.2 Å². The molecule has 1 N–H and O–H groups in total. The topological polar surface area (TPSA) is 71.1 Å². The summed E-state index contributed by atoms with van der Waals surface area (Å²) in [4.78, 5) is 23.8. The molecule has 0 atom stereocenters. The van der Waals surface area contributed by atoms with E-state index in [0.29, 0.717) is 25.2 Å². The average molecular weight is 340 g/mol. The van der Waals surface area contributed by atoms with E-state index in [9.17, 15) is 18.0 Å². The second-order valence-electron chi connectivity index (χ2n) is 5.49. The molecule has 0 bridgehead atoms. The summed E-state index contributed by atoms with van der Waals surface area (Å²) in [5, 5.41) is 0. The van der Waals surface area contributed by atoms with Crippen molar-refractivity contribution in [2.45, 2.75) is 25.7 Å². The molecule has 0 saturated heterocycles. The molecule has 9 heteroatoms. The Balaban J connectivity index is 1.74. The maximum absolute atomic E-state index is 12.6. The van der Waals surface area contributed by atoms with Crippen LogP contribution in [0.4, 0.5) is 13.2 Å². The first-order valence-corrected chi connectivity index (χ1v) is 7.27. The summed E-state index contributed by atoms with van der Waals surface area (Å²) in [5.74, 6) is -0.228. The molecule has 0 radical (unpaired) electrons. The number of halogens is 3. The Morgan fingerprint density at radius 1 is 1.42 bits per heavy atom. The van der Waals surface area contributed by atoms with Crippen LogP contribution in [0.1, 0.15) is 33.1 Å². The number of methoxy groups -OCH3 is 1. The fourth-order valence-corrected chi connectivity index (χ4v) is 2.76. The van der Waals surface area contributed by atoms with Gasteiger partial charge in [0.2, 0.25) is 0 Å². The summed E-state index contributed by atoms with van der Waals surface area (Å²) in [6.45, 7) is 1.36. The van der Waals surface area contributed by atoms with Gasteiger partial charge in [-0.3, -0.25) is 4.90 Å².